The van der Waals surface area contributed by atoms with Crippen LogP contribution in [-0.2, 0) is 0 Å². The quantitative estimate of drug-likeness (QED) is 0.853. The van der Waals surface area contributed by atoms with Crippen LogP contribution in [0.3, 0.4) is 0 Å². The Hall–Kier alpha value is -1.98. The minimum absolute atomic E-state index is 0.0156. The second kappa shape index (κ2) is 6.42. The molecular formula is C17H18N2O2S. The second-order valence-electron chi connectivity index (χ2n) is 4.99. The maximum absolute atomic E-state index is 5.21. The van der Waals surface area contributed by atoms with Crippen molar-refractivity contribution < 1.29 is 9.47 Å². The fourth-order valence-electron chi connectivity index (χ4n) is 2.52. The number of nitrogens with one attached hydrogen (secondary N) is 1. The van der Waals surface area contributed by atoms with Gasteiger partial charge in [-0.2, -0.15) is 0 Å². The minimum Gasteiger partial charge on any atom is -0.497 e. The van der Waals surface area contributed by atoms with Crippen LogP contribution in [0.1, 0.15) is 17.2 Å². The van der Waals surface area contributed by atoms with Gasteiger partial charge in [0, 0.05) is 0 Å². The Morgan fingerprint density at radius 2 is 1.45 bits per heavy atom. The van der Waals surface area contributed by atoms with Gasteiger partial charge in [0.2, 0.25) is 0 Å². The molecule has 4 nitrogen and oxygen atoms in total. The van der Waals surface area contributed by atoms with E-state index in [1.54, 1.807) is 14.2 Å². The van der Waals surface area contributed by atoms with Crippen molar-refractivity contribution in [1.82, 2.24) is 5.32 Å². The van der Waals surface area contributed by atoms with Crippen molar-refractivity contribution in [2.45, 2.75) is 11.5 Å². The lowest BCUT2D eigenvalue weighted by molar-refractivity contribution is 0.414. The molecule has 0 amide bonds. The summed E-state index contributed by atoms with van der Waals surface area (Å²) < 4.78 is 10.4. The first kappa shape index (κ1) is 14.9. The maximum Gasteiger partial charge on any atom is 0.145 e. The third-order valence-electron chi connectivity index (χ3n) is 3.69. The molecule has 0 fully saturated rings. The van der Waals surface area contributed by atoms with E-state index in [0.717, 1.165) is 28.3 Å². The van der Waals surface area contributed by atoms with Gasteiger partial charge in [-0.15, -0.1) is 12.6 Å². The molecule has 0 spiro atoms. The topological polar surface area (TPSA) is 42.8 Å². The third kappa shape index (κ3) is 2.96. The Bertz CT molecular complexity index is 668. The van der Waals surface area contributed by atoms with Crippen molar-refractivity contribution >= 4 is 18.3 Å². The molecule has 0 aromatic heterocycles. The Morgan fingerprint density at radius 3 is 2.00 bits per heavy atom. The molecule has 0 saturated heterocycles. The summed E-state index contributed by atoms with van der Waals surface area (Å²) in [7, 11) is 3.32. The second-order valence-corrected chi connectivity index (χ2v) is 5.48. The summed E-state index contributed by atoms with van der Waals surface area (Å²) in [5, 5.41) is 3.37. The zero-order chi connectivity index (χ0) is 15.5. The number of methoxy groups -OCH3 is 2. The summed E-state index contributed by atoms with van der Waals surface area (Å²) in [5.41, 5.74) is 2.97. The van der Waals surface area contributed by atoms with Gasteiger partial charge in [-0.05, 0) is 47.5 Å². The smallest absolute Gasteiger partial charge is 0.145 e. The summed E-state index contributed by atoms with van der Waals surface area (Å²) in [5.74, 6) is 1.67. The highest BCUT2D eigenvalue weighted by atomic mass is 32.1. The predicted molar refractivity (Wildman–Crippen MR) is 91.2 cm³/mol. The van der Waals surface area contributed by atoms with Crippen molar-refractivity contribution in [2.24, 2.45) is 4.99 Å². The monoisotopic (exact) mass is 314 g/mol. The molecule has 1 aliphatic rings. The molecule has 1 N–H and O–H groups in total. The standard InChI is InChI=1S/C17H18N2O2S/c1-20-13-7-3-11(4-8-13)15-16(19-17(22)18-15)12-5-9-14(21-2)10-6-12/h3-10,15,17-18,22H,1-2H3. The Kier molecular flexibility index (Phi) is 4.36. The van der Waals surface area contributed by atoms with E-state index >= 15 is 0 Å². The summed E-state index contributed by atoms with van der Waals surface area (Å²) in [4.78, 5) is 4.61. The van der Waals surface area contributed by atoms with Gasteiger partial charge in [0.25, 0.3) is 0 Å². The first-order chi connectivity index (χ1) is 10.7. The van der Waals surface area contributed by atoms with E-state index in [4.69, 9.17) is 9.47 Å². The van der Waals surface area contributed by atoms with E-state index in [2.05, 4.69) is 22.9 Å². The molecule has 0 aliphatic carbocycles. The maximum atomic E-state index is 5.21. The van der Waals surface area contributed by atoms with Crippen LogP contribution in [0.5, 0.6) is 11.5 Å². The predicted octanol–water partition coefficient (Wildman–Crippen LogP) is 3.05. The SMILES string of the molecule is COc1ccc(C2=NC(S)NC2c2ccc(OC)cc2)cc1. The number of aliphatic imine (C=N–C) groups is 1. The van der Waals surface area contributed by atoms with E-state index in [-0.39, 0.29) is 11.5 Å². The molecule has 2 atom stereocenters. The van der Waals surface area contributed by atoms with Crippen LogP contribution < -0.4 is 14.8 Å². The number of benzene rings is 2. The number of hydrogen-bond donors (Lipinski definition) is 2. The molecule has 5 heteroatoms. The van der Waals surface area contributed by atoms with Crippen LogP contribution in [-0.4, -0.2) is 25.4 Å². The molecule has 22 heavy (non-hydrogen) atoms. The lowest BCUT2D eigenvalue weighted by atomic mass is 9.97. The number of nitrogens with zero attached hydrogens (tertiary/aromatic N) is 1. The zero-order valence-corrected chi connectivity index (χ0v) is 13.4. The van der Waals surface area contributed by atoms with Crippen molar-refractivity contribution in [3.8, 4) is 11.5 Å². The number of thiol groups is 1. The summed E-state index contributed by atoms with van der Waals surface area (Å²) in [6, 6.07) is 15.9. The highest BCUT2D eigenvalue weighted by Gasteiger charge is 2.27. The number of rotatable bonds is 4. The van der Waals surface area contributed by atoms with Crippen LogP contribution in [0.4, 0.5) is 0 Å². The van der Waals surface area contributed by atoms with Crippen LogP contribution in [0, 0.1) is 0 Å². The van der Waals surface area contributed by atoms with Crippen LogP contribution >= 0.6 is 12.6 Å². The fraction of sp³-hybridized carbons (Fsp3) is 0.235. The van der Waals surface area contributed by atoms with Gasteiger partial charge in [0.15, 0.2) is 0 Å². The summed E-state index contributed by atoms with van der Waals surface area (Å²) in [6.45, 7) is 0. The largest absolute Gasteiger partial charge is 0.497 e. The molecule has 1 aliphatic heterocycles. The van der Waals surface area contributed by atoms with Gasteiger partial charge in [-0.1, -0.05) is 12.1 Å². The van der Waals surface area contributed by atoms with Gasteiger partial charge in [0.1, 0.15) is 17.0 Å². The molecule has 0 radical (unpaired) electrons. The van der Waals surface area contributed by atoms with Crippen LogP contribution in [0.25, 0.3) is 0 Å². The van der Waals surface area contributed by atoms with Crippen molar-refractivity contribution in [2.75, 3.05) is 14.2 Å². The molecule has 0 bridgehead atoms. The third-order valence-corrected chi connectivity index (χ3v) is 3.95. The first-order valence-electron chi connectivity index (χ1n) is 7.01. The van der Waals surface area contributed by atoms with Crippen LogP contribution in [0.2, 0.25) is 0 Å². The molecule has 2 unspecified atom stereocenters. The van der Waals surface area contributed by atoms with E-state index in [1.807, 2.05) is 48.5 Å². The molecule has 1 heterocycles. The van der Waals surface area contributed by atoms with Crippen LogP contribution in [0.15, 0.2) is 53.5 Å². The Balaban J connectivity index is 1.91. The zero-order valence-electron chi connectivity index (χ0n) is 12.5. The molecule has 114 valence electrons. The summed E-state index contributed by atoms with van der Waals surface area (Å²) in [6.07, 6.45) is 0. The Morgan fingerprint density at radius 1 is 0.909 bits per heavy atom. The molecule has 3 rings (SSSR count). The first-order valence-corrected chi connectivity index (χ1v) is 7.53. The van der Waals surface area contributed by atoms with E-state index in [0.29, 0.717) is 0 Å². The molecule has 2 aromatic rings. The van der Waals surface area contributed by atoms with Gasteiger partial charge >= 0.3 is 0 Å². The molecule has 0 saturated carbocycles. The van der Waals surface area contributed by atoms with E-state index in [9.17, 15) is 0 Å². The summed E-state index contributed by atoms with van der Waals surface area (Å²) >= 11 is 4.44. The average molecular weight is 314 g/mol. The number of hydrogen-bond acceptors (Lipinski definition) is 5. The highest BCUT2D eigenvalue weighted by molar-refractivity contribution is 7.80. The van der Waals surface area contributed by atoms with Gasteiger partial charge in [0.05, 0.1) is 26.0 Å². The highest BCUT2D eigenvalue weighted by Crippen LogP contribution is 2.28. The van der Waals surface area contributed by atoms with Gasteiger partial charge < -0.3 is 9.47 Å². The lowest BCUT2D eigenvalue weighted by Gasteiger charge is -2.15. The lowest BCUT2D eigenvalue weighted by Crippen LogP contribution is -2.25. The number of ether oxygens (including phenoxy) is 2. The minimum atomic E-state index is -0.204. The normalized spacial score (nSPS) is 20.6. The van der Waals surface area contributed by atoms with Gasteiger partial charge in [-0.3, -0.25) is 10.3 Å². The fourth-order valence-corrected chi connectivity index (χ4v) is 2.80. The molecular weight excluding hydrogens is 296 g/mol. The van der Waals surface area contributed by atoms with E-state index < -0.39 is 0 Å². The average Bonchev–Trinajstić information content (AvgIpc) is 2.97. The molecule has 2 aromatic carbocycles. The van der Waals surface area contributed by atoms with E-state index in [1.165, 1.54) is 0 Å². The van der Waals surface area contributed by atoms with Crippen molar-refractivity contribution in [3.63, 3.8) is 0 Å². The van der Waals surface area contributed by atoms with Crippen molar-refractivity contribution in [3.05, 3.63) is 59.7 Å². The van der Waals surface area contributed by atoms with Crippen molar-refractivity contribution in [1.29, 1.82) is 0 Å². The Labute approximate surface area is 135 Å². The van der Waals surface area contributed by atoms with Gasteiger partial charge in [-0.25, -0.2) is 0 Å².